The van der Waals surface area contributed by atoms with Crippen LogP contribution in [0.25, 0.3) is 5.57 Å². The fourth-order valence-corrected chi connectivity index (χ4v) is 3.18. The molecule has 1 saturated heterocycles. The zero-order chi connectivity index (χ0) is 11.8. The van der Waals surface area contributed by atoms with Gasteiger partial charge in [0.1, 0.15) is 4.60 Å². The van der Waals surface area contributed by atoms with Crippen molar-refractivity contribution in [1.82, 2.24) is 10.3 Å². The van der Waals surface area contributed by atoms with Gasteiger partial charge < -0.3 is 5.32 Å². The topological polar surface area (TPSA) is 24.9 Å². The van der Waals surface area contributed by atoms with Crippen LogP contribution in [0.4, 0.5) is 0 Å². The molecule has 0 unspecified atom stereocenters. The number of fused-ring (bicyclic) bond motifs is 1. The van der Waals surface area contributed by atoms with Crippen molar-refractivity contribution in [1.29, 1.82) is 0 Å². The first-order valence-corrected chi connectivity index (χ1v) is 7.12. The highest BCUT2D eigenvalue weighted by atomic mass is 79.9. The second-order valence-corrected chi connectivity index (χ2v) is 6.00. The highest BCUT2D eigenvalue weighted by Crippen LogP contribution is 2.37. The average Bonchev–Trinajstić information content (AvgIpc) is 2.79. The monoisotopic (exact) mass is 312 g/mol. The summed E-state index contributed by atoms with van der Waals surface area (Å²) in [4.78, 5) is 4.27. The molecule has 90 valence electrons. The second kappa shape index (κ2) is 4.71. The van der Waals surface area contributed by atoms with Gasteiger partial charge in [0.05, 0.1) is 5.02 Å². The maximum absolute atomic E-state index is 6.10. The summed E-state index contributed by atoms with van der Waals surface area (Å²) < 4.78 is 0.722. The molecular formula is C13H14BrClN2. The number of hydrogen-bond donors (Lipinski definition) is 1. The highest BCUT2D eigenvalue weighted by Gasteiger charge is 2.30. The second-order valence-electron chi connectivity index (χ2n) is 4.84. The molecule has 0 bridgehead atoms. The van der Waals surface area contributed by atoms with E-state index in [1.54, 1.807) is 0 Å². The number of hydrogen-bond acceptors (Lipinski definition) is 2. The summed E-state index contributed by atoms with van der Waals surface area (Å²) >= 11 is 9.42. The molecule has 1 aromatic heterocycles. The molecule has 2 aliphatic rings. The number of pyridine rings is 1. The van der Waals surface area contributed by atoms with E-state index in [4.69, 9.17) is 11.6 Å². The Labute approximate surface area is 115 Å². The Morgan fingerprint density at radius 1 is 1.35 bits per heavy atom. The molecule has 2 heterocycles. The molecule has 2 nitrogen and oxygen atoms in total. The van der Waals surface area contributed by atoms with Crippen LogP contribution >= 0.6 is 27.5 Å². The molecule has 0 amide bonds. The maximum Gasteiger partial charge on any atom is 0.124 e. The van der Waals surface area contributed by atoms with Gasteiger partial charge in [-0.3, -0.25) is 0 Å². The summed E-state index contributed by atoms with van der Waals surface area (Å²) in [6.45, 7) is 2.33. The number of aromatic nitrogens is 1. The molecule has 1 aromatic rings. The van der Waals surface area contributed by atoms with Crippen molar-refractivity contribution in [2.45, 2.75) is 12.8 Å². The van der Waals surface area contributed by atoms with Crippen molar-refractivity contribution in [3.8, 4) is 0 Å². The third-order valence-electron chi connectivity index (χ3n) is 3.80. The first-order chi connectivity index (χ1) is 8.24. The van der Waals surface area contributed by atoms with E-state index in [0.717, 1.165) is 29.4 Å². The van der Waals surface area contributed by atoms with E-state index in [0.29, 0.717) is 5.02 Å². The van der Waals surface area contributed by atoms with Crippen molar-refractivity contribution in [3.05, 3.63) is 33.5 Å². The first-order valence-electron chi connectivity index (χ1n) is 5.95. The predicted molar refractivity (Wildman–Crippen MR) is 74.0 cm³/mol. The molecule has 3 rings (SSSR count). The number of halogens is 2. The van der Waals surface area contributed by atoms with Gasteiger partial charge in [0.2, 0.25) is 0 Å². The van der Waals surface area contributed by atoms with E-state index in [9.17, 15) is 0 Å². The maximum atomic E-state index is 6.10. The van der Waals surface area contributed by atoms with E-state index in [1.165, 1.54) is 24.1 Å². The molecule has 0 radical (unpaired) electrons. The van der Waals surface area contributed by atoms with Crippen LogP contribution in [0.2, 0.25) is 5.02 Å². The lowest BCUT2D eigenvalue weighted by Gasteiger charge is -2.24. The molecule has 17 heavy (non-hydrogen) atoms. The van der Waals surface area contributed by atoms with Crippen LogP contribution in [-0.2, 0) is 0 Å². The van der Waals surface area contributed by atoms with Gasteiger partial charge in [0.25, 0.3) is 0 Å². The van der Waals surface area contributed by atoms with Crippen LogP contribution in [0.1, 0.15) is 18.4 Å². The molecule has 1 aliphatic heterocycles. The third kappa shape index (κ3) is 2.28. The fraction of sp³-hybridized carbons (Fsp3) is 0.462. The van der Waals surface area contributed by atoms with Crippen molar-refractivity contribution >= 4 is 33.1 Å². The van der Waals surface area contributed by atoms with E-state index < -0.39 is 0 Å². The van der Waals surface area contributed by atoms with Gasteiger partial charge in [-0.2, -0.15) is 0 Å². The Morgan fingerprint density at radius 3 is 3.00 bits per heavy atom. The van der Waals surface area contributed by atoms with Crippen LogP contribution in [0, 0.1) is 11.8 Å². The minimum Gasteiger partial charge on any atom is -0.316 e. The Morgan fingerprint density at radius 2 is 2.18 bits per heavy atom. The third-order valence-corrected chi connectivity index (χ3v) is 4.94. The normalized spacial score (nSPS) is 27.8. The SMILES string of the molecule is Clc1cc(C2=CC[C@@H]3CNC[C@@H]3C2)cnc1Br. The lowest BCUT2D eigenvalue weighted by molar-refractivity contribution is 0.418. The summed E-state index contributed by atoms with van der Waals surface area (Å²) in [5.74, 6) is 1.62. The molecule has 4 heteroatoms. The standard InChI is InChI=1S/C13H14BrClN2/c14-13-12(15)4-11(7-17-13)8-1-2-9-5-16-6-10(9)3-8/h1,4,7,9-10,16H,2-3,5-6H2/t9-,10+/m1/s1. The van der Waals surface area contributed by atoms with E-state index in [1.807, 2.05) is 12.3 Å². The Kier molecular flexibility index (Phi) is 3.24. The van der Waals surface area contributed by atoms with Gasteiger partial charge in [-0.25, -0.2) is 4.98 Å². The number of rotatable bonds is 1. The molecule has 1 N–H and O–H groups in total. The zero-order valence-electron chi connectivity index (χ0n) is 9.42. The van der Waals surface area contributed by atoms with Crippen LogP contribution in [0.15, 0.2) is 22.9 Å². The fourth-order valence-electron chi connectivity index (χ4n) is 2.79. The Balaban J connectivity index is 1.86. The van der Waals surface area contributed by atoms with Crippen molar-refractivity contribution < 1.29 is 0 Å². The number of allylic oxidation sites excluding steroid dienone is 2. The molecule has 0 aromatic carbocycles. The van der Waals surface area contributed by atoms with E-state index in [2.05, 4.69) is 32.3 Å². The van der Waals surface area contributed by atoms with Crippen LogP contribution in [-0.4, -0.2) is 18.1 Å². The quantitative estimate of drug-likeness (QED) is 0.803. The summed E-state index contributed by atoms with van der Waals surface area (Å²) in [5.41, 5.74) is 2.57. The van der Waals surface area contributed by atoms with Gasteiger partial charge in [0, 0.05) is 6.20 Å². The molecule has 2 atom stereocenters. The van der Waals surface area contributed by atoms with Crippen LogP contribution in [0.3, 0.4) is 0 Å². The first kappa shape index (κ1) is 11.7. The molecular weight excluding hydrogens is 300 g/mol. The van der Waals surface area contributed by atoms with Crippen molar-refractivity contribution in [3.63, 3.8) is 0 Å². The van der Waals surface area contributed by atoms with Crippen molar-refractivity contribution in [2.24, 2.45) is 11.8 Å². The molecule has 0 spiro atoms. The lowest BCUT2D eigenvalue weighted by Crippen LogP contribution is -2.16. The lowest BCUT2D eigenvalue weighted by atomic mass is 9.80. The van der Waals surface area contributed by atoms with E-state index in [-0.39, 0.29) is 0 Å². The summed E-state index contributed by atoms with van der Waals surface area (Å²) in [6.07, 6.45) is 6.60. The number of nitrogens with one attached hydrogen (secondary N) is 1. The predicted octanol–water partition coefficient (Wildman–Crippen LogP) is 3.51. The largest absolute Gasteiger partial charge is 0.316 e. The van der Waals surface area contributed by atoms with Crippen LogP contribution in [0.5, 0.6) is 0 Å². The van der Waals surface area contributed by atoms with Gasteiger partial charge >= 0.3 is 0 Å². The average molecular weight is 314 g/mol. The summed E-state index contributed by atoms with van der Waals surface area (Å²) in [6, 6.07) is 2.01. The van der Waals surface area contributed by atoms with Gasteiger partial charge in [-0.05, 0) is 70.9 Å². The number of nitrogens with zero attached hydrogens (tertiary/aromatic N) is 1. The summed E-state index contributed by atoms with van der Waals surface area (Å²) in [7, 11) is 0. The molecule has 1 fully saturated rings. The van der Waals surface area contributed by atoms with Gasteiger partial charge in [0.15, 0.2) is 0 Å². The molecule has 0 saturated carbocycles. The minimum atomic E-state index is 0.690. The smallest absolute Gasteiger partial charge is 0.124 e. The Hall–Kier alpha value is -0.380. The Bertz CT molecular complexity index is 472. The highest BCUT2D eigenvalue weighted by molar-refractivity contribution is 9.10. The van der Waals surface area contributed by atoms with Gasteiger partial charge in [-0.1, -0.05) is 17.7 Å². The van der Waals surface area contributed by atoms with Gasteiger partial charge in [-0.15, -0.1) is 0 Å². The van der Waals surface area contributed by atoms with Crippen molar-refractivity contribution in [2.75, 3.05) is 13.1 Å². The summed E-state index contributed by atoms with van der Waals surface area (Å²) in [5, 5.41) is 4.16. The zero-order valence-corrected chi connectivity index (χ0v) is 11.8. The minimum absolute atomic E-state index is 0.690. The molecule has 1 aliphatic carbocycles. The van der Waals surface area contributed by atoms with E-state index >= 15 is 0 Å². The van der Waals surface area contributed by atoms with Crippen LogP contribution < -0.4 is 5.32 Å².